The minimum Gasteiger partial charge on any atom is -0.508 e. The Morgan fingerprint density at radius 1 is 0.856 bits per heavy atom. The van der Waals surface area contributed by atoms with Crippen LogP contribution in [0.25, 0.3) is 10.2 Å². The Balaban J connectivity index is 0.000000290. The second-order valence-corrected chi connectivity index (χ2v) is 29.6. The standard InChI is InChI=1S/C21H27N3O7S.C14H21NO2.C13H21NO3.C11H17NO3.C8H5F3N2OS.C7H10N4O4/c1-5-29-20(28)31-11(2)30-19(27)15-21(3,4)32-18-14(17(26)24(15)18)23-16(25)13(22)12-9-7-6-8-10-12;1-5-14(2,11-15(3)4)17-13(16)12-9-7-6-8-10-12;1-13(2,3)14-7-12(17)9-4-5-11(16)10(6-9)8-15;1-7(12)11(13)9-6-8(14-2)4-5-10(9)15-3;9-8(10,11)14-4-1-2-5-6(3-4)15-7(12)13-5;12-4-2-8-6(13)5-10-3-1-9-7(10)11(14)15/h6-11,13-15,18H,5,22H2,1-4H3,(H,23,25);6-10H,5,11H2,1-4H3;4-6,12,14-17H,7-8H2,1-3H3;4-7,11,13H,12H2,1-3H3;1-3H,(H2,12,13);1,3,12H,2,4-5H2,(H,8,13)/t11?,13-,14-,15+,18-;;;;;/m1...../s1. The highest BCUT2D eigenvalue weighted by Gasteiger charge is 2.65. The van der Waals surface area contributed by atoms with E-state index in [1.54, 1.807) is 109 Å². The minimum atomic E-state index is -4.68. The Hall–Kier alpha value is -9.96. The van der Waals surface area contributed by atoms with Gasteiger partial charge in [-0.05, 0) is 147 Å². The first-order valence-electron chi connectivity index (χ1n) is 34.6. The Kier molecular flexibility index (Phi) is 36.7. The largest absolute Gasteiger partial charge is 0.573 e. The lowest BCUT2D eigenvalue weighted by Gasteiger charge is -2.44. The van der Waals surface area contributed by atoms with Gasteiger partial charge >= 0.3 is 30.4 Å². The fraction of sp³-hybridized carbons (Fsp3) is 0.459. The lowest BCUT2D eigenvalue weighted by molar-refractivity contribution is -0.396. The van der Waals surface area contributed by atoms with Crippen molar-refractivity contribution in [3.05, 3.63) is 166 Å². The normalized spacial score (nSPS) is 16.5. The van der Waals surface area contributed by atoms with Crippen LogP contribution >= 0.6 is 23.1 Å². The lowest BCUT2D eigenvalue weighted by Crippen LogP contribution is -2.71. The highest BCUT2D eigenvalue weighted by molar-refractivity contribution is 8.01. The zero-order valence-corrected chi connectivity index (χ0v) is 65.8. The molecule has 37 heteroatoms. The van der Waals surface area contributed by atoms with Crippen molar-refractivity contribution < 1.29 is 106 Å². The number of aliphatic hydroxyl groups is 4. The molecule has 0 spiro atoms. The molecule has 5 unspecified atom stereocenters. The van der Waals surface area contributed by atoms with Gasteiger partial charge in [0.15, 0.2) is 11.7 Å². The van der Waals surface area contributed by atoms with Gasteiger partial charge in [0.25, 0.3) is 5.91 Å². The second kappa shape index (κ2) is 43.6. The number of thioether (sulfide) groups is 1. The molecule has 0 bridgehead atoms. The van der Waals surface area contributed by atoms with Gasteiger partial charge in [-0.25, -0.2) is 23.9 Å². The molecule has 2 fully saturated rings. The molecule has 0 radical (unpaired) electrons. The van der Waals surface area contributed by atoms with E-state index in [-0.39, 0.29) is 67.9 Å². The number of rotatable bonds is 26. The van der Waals surface area contributed by atoms with Crippen molar-refractivity contribution in [3.63, 3.8) is 0 Å². The van der Waals surface area contributed by atoms with Gasteiger partial charge in [0.1, 0.15) is 64.5 Å². The van der Waals surface area contributed by atoms with Crippen molar-refractivity contribution >= 4 is 80.2 Å². The number of nitrogens with two attached hydrogens (primary N) is 3. The number of likely N-dealkylation sites (N-methyl/N-ethyl adjacent to an activating group) is 1. The number of hydrogen-bond acceptors (Lipinski definition) is 29. The summed E-state index contributed by atoms with van der Waals surface area (Å²) in [5, 5.41) is 65.3. The van der Waals surface area contributed by atoms with Gasteiger partial charge in [0.05, 0.1) is 62.0 Å². The van der Waals surface area contributed by atoms with Crippen LogP contribution in [0.1, 0.15) is 127 Å². The van der Waals surface area contributed by atoms with E-state index in [1.165, 1.54) is 60.2 Å². The third kappa shape index (κ3) is 30.0. The molecule has 3 amide bonds. The average Bonchev–Trinajstić information content (AvgIpc) is 1.56. The number of esters is 2. The van der Waals surface area contributed by atoms with E-state index >= 15 is 0 Å². The quantitative estimate of drug-likeness (QED) is 0.00612. The first kappa shape index (κ1) is 93.4. The van der Waals surface area contributed by atoms with E-state index in [0.717, 1.165) is 28.9 Å². The van der Waals surface area contributed by atoms with Crippen molar-refractivity contribution in [2.45, 2.75) is 159 Å². The third-order valence-electron chi connectivity index (χ3n) is 15.9. The number of phenols is 1. The summed E-state index contributed by atoms with van der Waals surface area (Å²) >= 11 is 2.49. The van der Waals surface area contributed by atoms with Crippen LogP contribution < -0.4 is 47.4 Å². The Labute approximate surface area is 649 Å². The van der Waals surface area contributed by atoms with Gasteiger partial charge in [-0.3, -0.25) is 14.4 Å². The fourth-order valence-electron chi connectivity index (χ4n) is 10.4. The van der Waals surface area contributed by atoms with Crippen LogP contribution in [0.5, 0.6) is 23.0 Å². The zero-order chi connectivity index (χ0) is 83.3. The van der Waals surface area contributed by atoms with E-state index < -0.39 is 93.5 Å². The number of carbonyl (C=O) groups is 6. The topological polar surface area (TPSA) is 463 Å². The third-order valence-corrected chi connectivity index (χ3v) is 18.3. The van der Waals surface area contributed by atoms with E-state index in [0.29, 0.717) is 61.2 Å². The number of benzene rings is 5. The van der Waals surface area contributed by atoms with Crippen molar-refractivity contribution in [3.8, 4) is 23.0 Å². The van der Waals surface area contributed by atoms with Gasteiger partial charge in [-0.15, -0.1) is 24.9 Å². The number of fused-ring (bicyclic) bond motifs is 2. The number of carbonyl (C=O) groups excluding carboxylic acids is 6. The molecule has 9 atom stereocenters. The number of halogens is 3. The number of thiazole rings is 1. The maximum atomic E-state index is 12.8. The number of nitrogen functional groups attached to an aromatic ring is 1. The number of nitro groups is 1. The first-order valence-corrected chi connectivity index (χ1v) is 36.3. The number of aromatic hydroxyl groups is 1. The number of aliphatic hydroxyl groups excluding tert-OH is 4. The second-order valence-electron chi connectivity index (χ2n) is 26.8. The molecule has 9 rings (SSSR count). The molecular weight excluding hydrogens is 1500 g/mol. The van der Waals surface area contributed by atoms with Crippen LogP contribution in [0, 0.1) is 10.1 Å². The summed E-state index contributed by atoms with van der Waals surface area (Å²) in [4.78, 5) is 93.3. The smallest absolute Gasteiger partial charge is 0.508 e. The molecular formula is C74H101F3N12O20S2. The van der Waals surface area contributed by atoms with Crippen LogP contribution in [0.2, 0.25) is 0 Å². The molecule has 2 saturated heterocycles. The molecule has 610 valence electrons. The van der Waals surface area contributed by atoms with Crippen LogP contribution in [0.4, 0.5) is 29.0 Å². The SMILES string of the molecule is CC(C)(C)NCC(O)c1ccc(O)c(CO)c1.CCC(C)(CN(C)C)OC(=O)c1ccccc1.CCOC(=O)OC(C)OC(=O)[C@@H]1N2C(=O)[C@@H](NC(=O)[C@H](N)c3ccccc3)[C@H]2SC1(C)C.COc1ccc(OC)c(C(O)C(C)N)c1.Nc1nc2ccc(OC(F)(F)F)cc2s1.O=C(Cn1ccnc1[N+](=O)[O-])NCCO. The number of β-lactam (4-membered cyclic amide) rings is 1. The molecule has 32 nitrogen and oxygen atoms in total. The molecule has 7 aromatic rings. The predicted octanol–water partition coefficient (Wildman–Crippen LogP) is 7.94. The van der Waals surface area contributed by atoms with E-state index in [2.05, 4.69) is 35.4 Å². The Morgan fingerprint density at radius 3 is 2.05 bits per heavy atom. The lowest BCUT2D eigenvalue weighted by atomic mass is 9.95. The number of amides is 3. The summed E-state index contributed by atoms with van der Waals surface area (Å²) in [6, 6.07) is 28.9. The van der Waals surface area contributed by atoms with E-state index in [1.807, 2.05) is 77.9 Å². The van der Waals surface area contributed by atoms with Gasteiger partial charge in [-0.1, -0.05) is 77.8 Å². The monoisotopic (exact) mass is 1600 g/mol. The van der Waals surface area contributed by atoms with Gasteiger partial charge < -0.3 is 112 Å². The summed E-state index contributed by atoms with van der Waals surface area (Å²) in [5.74, 6) is -1.56. The van der Waals surface area contributed by atoms with Crippen LogP contribution in [0.3, 0.4) is 0 Å². The molecule has 0 aliphatic carbocycles. The van der Waals surface area contributed by atoms with Crippen molar-refractivity contribution in [2.24, 2.45) is 11.5 Å². The number of ether oxygens (including phenoxy) is 7. The number of methoxy groups -OCH3 is 2. The molecule has 0 saturated carbocycles. The summed E-state index contributed by atoms with van der Waals surface area (Å²) in [5.41, 5.74) is 20.1. The van der Waals surface area contributed by atoms with Crippen molar-refractivity contribution in [2.75, 3.05) is 66.9 Å². The number of nitrogens with zero attached hydrogens (tertiary/aromatic N) is 6. The fourth-order valence-corrected chi connectivity index (χ4v) is 12.8. The Bertz CT molecular complexity index is 4140. The number of aromatic nitrogens is 3. The minimum absolute atomic E-state index is 0.0484. The number of anilines is 1. The van der Waals surface area contributed by atoms with Crippen molar-refractivity contribution in [1.82, 2.24) is 40.3 Å². The maximum absolute atomic E-state index is 12.8. The molecule has 4 heterocycles. The number of β-amino-alcohol motifs (C(OH)–C–C–N with tert-alkyl or cyclic N) is 1. The van der Waals surface area contributed by atoms with E-state index in [4.69, 9.17) is 51.1 Å². The van der Waals surface area contributed by atoms with E-state index in [9.17, 15) is 67.4 Å². The zero-order valence-electron chi connectivity index (χ0n) is 64.1. The number of imidazole rings is 1. The molecule has 111 heavy (non-hydrogen) atoms. The number of alkyl halides is 3. The average molecular weight is 1600 g/mol. The highest BCUT2D eigenvalue weighted by Crippen LogP contribution is 2.51. The molecule has 14 N–H and O–H groups in total. The molecule has 2 aromatic heterocycles. The van der Waals surface area contributed by atoms with Gasteiger partial charge in [0, 0.05) is 60.1 Å². The molecule has 2 aliphatic heterocycles. The summed E-state index contributed by atoms with van der Waals surface area (Å²) in [6.45, 7) is 19.2. The summed E-state index contributed by atoms with van der Waals surface area (Å²) in [7, 11) is 7.08. The Morgan fingerprint density at radius 2 is 1.50 bits per heavy atom. The van der Waals surface area contributed by atoms with Gasteiger partial charge in [-0.2, -0.15) is 0 Å². The van der Waals surface area contributed by atoms with Crippen LogP contribution in [0.15, 0.2) is 128 Å². The highest BCUT2D eigenvalue weighted by atomic mass is 32.2. The summed E-state index contributed by atoms with van der Waals surface area (Å²) in [6.07, 6.45) is -4.84. The van der Waals surface area contributed by atoms with Crippen LogP contribution in [-0.4, -0.2) is 204 Å². The maximum Gasteiger partial charge on any atom is 0.573 e. The summed E-state index contributed by atoms with van der Waals surface area (Å²) < 4.78 is 71.0. The number of nitrogens with one attached hydrogen (secondary N) is 3. The number of hydrogen-bond donors (Lipinski definition) is 11. The van der Waals surface area contributed by atoms with Crippen molar-refractivity contribution in [1.29, 1.82) is 0 Å². The predicted molar refractivity (Wildman–Crippen MR) is 409 cm³/mol. The first-order chi connectivity index (χ1) is 52.0. The van der Waals surface area contributed by atoms with Crippen LogP contribution in [-0.2, 0) is 51.3 Å². The molecule has 2 aliphatic rings. The molecule has 5 aromatic carbocycles. The van der Waals surface area contributed by atoms with Gasteiger partial charge in [0.2, 0.25) is 18.1 Å².